The lowest BCUT2D eigenvalue weighted by Crippen LogP contribution is -2.42. The summed E-state index contributed by atoms with van der Waals surface area (Å²) >= 11 is 5.99. The molecule has 1 amide bonds. The van der Waals surface area contributed by atoms with E-state index >= 15 is 0 Å². The Labute approximate surface area is 159 Å². The van der Waals surface area contributed by atoms with Crippen LogP contribution in [-0.4, -0.2) is 44.2 Å². The van der Waals surface area contributed by atoms with Crippen LogP contribution in [0.1, 0.15) is 36.7 Å². The van der Waals surface area contributed by atoms with Crippen molar-refractivity contribution in [2.75, 3.05) is 13.1 Å². The van der Waals surface area contributed by atoms with Crippen LogP contribution in [-0.2, 0) is 17.8 Å². The Hall–Kier alpha value is -2.22. The second-order valence-corrected chi connectivity index (χ2v) is 7.57. The normalized spacial score (nSPS) is 21.3. The van der Waals surface area contributed by atoms with Crippen molar-refractivity contribution < 1.29 is 13.6 Å². The molecule has 2 aromatic rings. The summed E-state index contributed by atoms with van der Waals surface area (Å²) in [5, 5.41) is 4.93. The number of rotatable bonds is 3. The first kappa shape index (κ1) is 18.2. The van der Waals surface area contributed by atoms with Gasteiger partial charge < -0.3 is 4.90 Å². The molecule has 0 N–H and O–H groups in total. The SMILES string of the molecule is O=C([C@H]1CCCc2nn(Cc3cccc(Cl)c3)c(=O)n21)N1CCC(F)(F)C1. The molecular weight excluding hydrogens is 378 g/mol. The van der Waals surface area contributed by atoms with Gasteiger partial charge in [0.15, 0.2) is 0 Å². The average Bonchev–Trinajstić information content (AvgIpc) is 3.14. The molecule has 1 aromatic carbocycles. The predicted molar refractivity (Wildman–Crippen MR) is 95.2 cm³/mol. The average molecular weight is 397 g/mol. The molecule has 27 heavy (non-hydrogen) atoms. The monoisotopic (exact) mass is 396 g/mol. The van der Waals surface area contributed by atoms with Gasteiger partial charge in [-0.05, 0) is 30.5 Å². The number of hydrogen-bond donors (Lipinski definition) is 0. The van der Waals surface area contributed by atoms with Crippen molar-refractivity contribution in [2.24, 2.45) is 0 Å². The van der Waals surface area contributed by atoms with Crippen molar-refractivity contribution in [1.82, 2.24) is 19.2 Å². The van der Waals surface area contributed by atoms with Crippen molar-refractivity contribution >= 4 is 17.5 Å². The summed E-state index contributed by atoms with van der Waals surface area (Å²) in [5.74, 6) is -2.75. The van der Waals surface area contributed by atoms with Crippen LogP contribution in [0, 0.1) is 0 Å². The maximum Gasteiger partial charge on any atom is 0.346 e. The highest BCUT2D eigenvalue weighted by Crippen LogP contribution is 2.31. The number of alkyl halides is 2. The first-order chi connectivity index (χ1) is 12.8. The summed E-state index contributed by atoms with van der Waals surface area (Å²) in [6, 6.07) is 6.36. The minimum atomic E-state index is -2.85. The van der Waals surface area contributed by atoms with Crippen LogP contribution in [0.15, 0.2) is 29.1 Å². The number of fused-ring (bicyclic) bond motifs is 1. The summed E-state index contributed by atoms with van der Waals surface area (Å²) in [6.07, 6.45) is 1.39. The molecule has 1 fully saturated rings. The Morgan fingerprint density at radius 1 is 1.37 bits per heavy atom. The topological polar surface area (TPSA) is 60.1 Å². The Kier molecular flexibility index (Phi) is 4.53. The van der Waals surface area contributed by atoms with Crippen molar-refractivity contribution in [2.45, 2.75) is 44.2 Å². The molecule has 144 valence electrons. The highest BCUT2D eigenvalue weighted by molar-refractivity contribution is 6.30. The van der Waals surface area contributed by atoms with Crippen molar-refractivity contribution in [3.8, 4) is 0 Å². The van der Waals surface area contributed by atoms with Gasteiger partial charge in [-0.3, -0.25) is 9.36 Å². The van der Waals surface area contributed by atoms with E-state index in [1.807, 2.05) is 6.07 Å². The quantitative estimate of drug-likeness (QED) is 0.800. The van der Waals surface area contributed by atoms with E-state index in [1.54, 1.807) is 18.2 Å². The maximum absolute atomic E-state index is 13.5. The molecule has 3 heterocycles. The second-order valence-electron chi connectivity index (χ2n) is 7.13. The number of likely N-dealkylation sites (tertiary alicyclic amines) is 1. The largest absolute Gasteiger partial charge is 0.346 e. The summed E-state index contributed by atoms with van der Waals surface area (Å²) < 4.78 is 29.7. The zero-order valence-electron chi connectivity index (χ0n) is 14.6. The molecule has 4 rings (SSSR count). The Balaban J connectivity index is 1.62. The molecule has 0 bridgehead atoms. The summed E-state index contributed by atoms with van der Waals surface area (Å²) in [5.41, 5.74) is 0.427. The van der Waals surface area contributed by atoms with Gasteiger partial charge >= 0.3 is 5.69 Å². The van der Waals surface area contributed by atoms with Crippen LogP contribution in [0.25, 0.3) is 0 Å². The van der Waals surface area contributed by atoms with Crippen LogP contribution in [0.5, 0.6) is 0 Å². The molecule has 1 saturated heterocycles. The third kappa shape index (κ3) is 3.50. The number of aromatic nitrogens is 3. The van der Waals surface area contributed by atoms with Gasteiger partial charge in [0.05, 0.1) is 13.1 Å². The molecule has 2 aliphatic rings. The van der Waals surface area contributed by atoms with Crippen molar-refractivity contribution in [3.05, 3.63) is 51.2 Å². The summed E-state index contributed by atoms with van der Waals surface area (Å²) in [4.78, 5) is 26.8. The first-order valence-electron chi connectivity index (χ1n) is 8.93. The summed E-state index contributed by atoms with van der Waals surface area (Å²) in [7, 11) is 0. The van der Waals surface area contributed by atoms with E-state index < -0.39 is 30.1 Å². The molecule has 1 atom stereocenters. The van der Waals surface area contributed by atoms with Crippen LogP contribution in [0.4, 0.5) is 8.78 Å². The zero-order chi connectivity index (χ0) is 19.2. The number of carbonyl (C=O) groups excluding carboxylic acids is 1. The number of amides is 1. The van der Waals surface area contributed by atoms with Crippen molar-refractivity contribution in [1.29, 1.82) is 0 Å². The van der Waals surface area contributed by atoms with Crippen LogP contribution in [0.2, 0.25) is 5.02 Å². The molecule has 0 spiro atoms. The first-order valence-corrected chi connectivity index (χ1v) is 9.31. The molecule has 1 aromatic heterocycles. The molecule has 0 unspecified atom stereocenters. The number of carbonyl (C=O) groups is 1. The molecule has 0 radical (unpaired) electrons. The minimum Gasteiger partial charge on any atom is -0.335 e. The second kappa shape index (κ2) is 6.74. The van der Waals surface area contributed by atoms with E-state index in [2.05, 4.69) is 5.10 Å². The van der Waals surface area contributed by atoms with Gasteiger partial charge in [-0.15, -0.1) is 0 Å². The van der Waals surface area contributed by atoms with Gasteiger partial charge in [0.25, 0.3) is 5.92 Å². The number of benzene rings is 1. The van der Waals surface area contributed by atoms with Gasteiger partial charge in [0.2, 0.25) is 5.91 Å². The third-order valence-corrected chi connectivity index (χ3v) is 5.35. The highest BCUT2D eigenvalue weighted by Gasteiger charge is 2.43. The van der Waals surface area contributed by atoms with E-state index in [4.69, 9.17) is 11.6 Å². The van der Waals surface area contributed by atoms with E-state index in [9.17, 15) is 18.4 Å². The van der Waals surface area contributed by atoms with Gasteiger partial charge in [-0.1, -0.05) is 23.7 Å². The minimum absolute atomic E-state index is 0.0169. The maximum atomic E-state index is 13.5. The van der Waals surface area contributed by atoms with Gasteiger partial charge in [0.1, 0.15) is 11.9 Å². The Bertz CT molecular complexity index is 940. The lowest BCUT2D eigenvalue weighted by atomic mass is 10.0. The van der Waals surface area contributed by atoms with Gasteiger partial charge in [0, 0.05) is 24.4 Å². The number of hydrogen-bond acceptors (Lipinski definition) is 3. The third-order valence-electron chi connectivity index (χ3n) is 5.12. The number of nitrogens with zero attached hydrogens (tertiary/aromatic N) is 4. The smallest absolute Gasteiger partial charge is 0.335 e. The van der Waals surface area contributed by atoms with Crippen LogP contribution >= 0.6 is 11.6 Å². The van der Waals surface area contributed by atoms with E-state index in [0.29, 0.717) is 30.1 Å². The van der Waals surface area contributed by atoms with Crippen molar-refractivity contribution in [3.63, 3.8) is 0 Å². The lowest BCUT2D eigenvalue weighted by molar-refractivity contribution is -0.135. The van der Waals surface area contributed by atoms with Gasteiger partial charge in [-0.25, -0.2) is 18.3 Å². The molecular formula is C18H19ClF2N4O2. The fourth-order valence-electron chi connectivity index (χ4n) is 3.81. The van der Waals surface area contributed by atoms with Crippen LogP contribution < -0.4 is 5.69 Å². The van der Waals surface area contributed by atoms with Gasteiger partial charge in [-0.2, -0.15) is 5.10 Å². The Morgan fingerprint density at radius 3 is 2.89 bits per heavy atom. The fourth-order valence-corrected chi connectivity index (χ4v) is 4.02. The Morgan fingerprint density at radius 2 is 2.19 bits per heavy atom. The number of aryl methyl sites for hydroxylation is 1. The highest BCUT2D eigenvalue weighted by atomic mass is 35.5. The van der Waals surface area contributed by atoms with E-state index in [1.165, 1.54) is 14.1 Å². The fraction of sp³-hybridized carbons (Fsp3) is 0.500. The van der Waals surface area contributed by atoms with Crippen LogP contribution in [0.3, 0.4) is 0 Å². The zero-order valence-corrected chi connectivity index (χ0v) is 15.3. The molecule has 0 saturated carbocycles. The standard InChI is InChI=1S/C18H19ClF2N4O2/c19-13-4-1-3-12(9-13)10-24-17(27)25-14(5-2-6-15(25)22-24)16(26)23-8-7-18(20,21)11-23/h1,3-4,9,14H,2,5-8,10-11H2/t14-/m1/s1. The molecule has 0 aliphatic carbocycles. The molecule has 2 aliphatic heterocycles. The molecule has 9 heteroatoms. The predicted octanol–water partition coefficient (Wildman–Crippen LogP) is 2.49. The number of halogens is 3. The summed E-state index contributed by atoms with van der Waals surface area (Å²) in [6.45, 7) is -0.325. The lowest BCUT2D eigenvalue weighted by Gasteiger charge is -2.27. The van der Waals surface area contributed by atoms with E-state index in [0.717, 1.165) is 5.56 Å². The van der Waals surface area contributed by atoms with E-state index in [-0.39, 0.29) is 19.5 Å². The molecule has 6 nitrogen and oxygen atoms in total.